The van der Waals surface area contributed by atoms with Crippen LogP contribution in [-0.2, 0) is 4.79 Å². The van der Waals surface area contributed by atoms with Gasteiger partial charge in [0.1, 0.15) is 0 Å². The van der Waals surface area contributed by atoms with Crippen molar-refractivity contribution < 1.29 is 4.79 Å². The highest BCUT2D eigenvalue weighted by Crippen LogP contribution is 2.29. The van der Waals surface area contributed by atoms with Crippen molar-refractivity contribution in [3.8, 4) is 0 Å². The van der Waals surface area contributed by atoms with Crippen molar-refractivity contribution in [2.45, 2.75) is 45.6 Å². The number of amides is 1. The highest BCUT2D eigenvalue weighted by atomic mass is 32.1. The van der Waals surface area contributed by atoms with E-state index in [2.05, 4.69) is 29.9 Å². The second kappa shape index (κ2) is 7.62. The number of aromatic nitrogens is 1. The Bertz CT molecular complexity index is 658. The molecular formula is C19H27N3OS. The van der Waals surface area contributed by atoms with E-state index in [0.29, 0.717) is 19.1 Å². The van der Waals surface area contributed by atoms with Crippen molar-refractivity contribution in [2.24, 2.45) is 5.92 Å². The van der Waals surface area contributed by atoms with Gasteiger partial charge in [0.2, 0.25) is 5.91 Å². The molecule has 2 aromatic rings. The molecule has 24 heavy (non-hydrogen) atoms. The van der Waals surface area contributed by atoms with Crippen molar-refractivity contribution in [3.05, 3.63) is 24.3 Å². The summed E-state index contributed by atoms with van der Waals surface area (Å²) in [6, 6.07) is 8.61. The third-order valence-electron chi connectivity index (χ3n) is 5.12. The van der Waals surface area contributed by atoms with Crippen LogP contribution in [0.2, 0.25) is 0 Å². The van der Waals surface area contributed by atoms with E-state index in [1.165, 1.54) is 25.7 Å². The average Bonchev–Trinajstić information content (AvgIpc) is 2.99. The largest absolute Gasteiger partial charge is 0.295 e. The van der Waals surface area contributed by atoms with Crippen molar-refractivity contribution in [1.29, 1.82) is 0 Å². The summed E-state index contributed by atoms with van der Waals surface area (Å²) in [5.41, 5.74) is 0.971. The van der Waals surface area contributed by atoms with E-state index in [1.54, 1.807) is 11.3 Å². The minimum Gasteiger partial charge on any atom is -0.295 e. The van der Waals surface area contributed by atoms with Gasteiger partial charge in [-0.1, -0.05) is 30.4 Å². The third kappa shape index (κ3) is 3.78. The number of thiazole rings is 1. The minimum atomic E-state index is 0.151. The van der Waals surface area contributed by atoms with Crippen LogP contribution < -0.4 is 4.90 Å². The Morgan fingerprint density at radius 1 is 1.25 bits per heavy atom. The highest BCUT2D eigenvalue weighted by Gasteiger charge is 2.25. The minimum absolute atomic E-state index is 0.151. The molecule has 1 heterocycles. The van der Waals surface area contributed by atoms with Gasteiger partial charge in [0.05, 0.1) is 16.8 Å². The van der Waals surface area contributed by atoms with Crippen LogP contribution >= 0.6 is 11.3 Å². The summed E-state index contributed by atoms with van der Waals surface area (Å²) in [5.74, 6) is 0.984. The number of hydrogen-bond donors (Lipinski definition) is 0. The maximum Gasteiger partial charge on any atom is 0.242 e. The lowest BCUT2D eigenvalue weighted by Gasteiger charge is -2.34. The lowest BCUT2D eigenvalue weighted by Crippen LogP contribution is -2.44. The molecule has 0 N–H and O–H groups in total. The first-order chi connectivity index (χ1) is 11.6. The van der Waals surface area contributed by atoms with Gasteiger partial charge in [-0.15, -0.1) is 0 Å². The Kier molecular flexibility index (Phi) is 5.51. The van der Waals surface area contributed by atoms with E-state index >= 15 is 0 Å². The van der Waals surface area contributed by atoms with Crippen LogP contribution in [0.25, 0.3) is 10.2 Å². The SMILES string of the molecule is CCN(C(=O)CN(C)C1CCC(C)CC1)c1nc2ccccc2s1. The molecule has 0 bridgehead atoms. The van der Waals surface area contributed by atoms with Crippen molar-refractivity contribution in [1.82, 2.24) is 9.88 Å². The molecule has 1 aliphatic rings. The number of benzene rings is 1. The number of anilines is 1. The van der Waals surface area contributed by atoms with Crippen molar-refractivity contribution in [3.63, 3.8) is 0 Å². The molecule has 1 amide bonds. The molecular weight excluding hydrogens is 318 g/mol. The van der Waals surface area contributed by atoms with Crippen LogP contribution in [0.15, 0.2) is 24.3 Å². The third-order valence-corrected chi connectivity index (χ3v) is 6.18. The van der Waals surface area contributed by atoms with Gasteiger partial charge >= 0.3 is 0 Å². The zero-order chi connectivity index (χ0) is 17.1. The molecule has 0 radical (unpaired) electrons. The molecule has 0 aliphatic heterocycles. The summed E-state index contributed by atoms with van der Waals surface area (Å²) in [6.07, 6.45) is 4.97. The average molecular weight is 346 g/mol. The van der Waals surface area contributed by atoms with Crippen LogP contribution in [0, 0.1) is 5.92 Å². The van der Waals surface area contributed by atoms with Crippen LogP contribution in [0.3, 0.4) is 0 Å². The lowest BCUT2D eigenvalue weighted by molar-refractivity contribution is -0.120. The Balaban J connectivity index is 1.67. The number of hydrogen-bond acceptors (Lipinski definition) is 4. The molecule has 1 aromatic carbocycles. The lowest BCUT2D eigenvalue weighted by atomic mass is 9.87. The molecule has 0 atom stereocenters. The zero-order valence-electron chi connectivity index (χ0n) is 14.9. The quantitative estimate of drug-likeness (QED) is 0.816. The number of carbonyl (C=O) groups is 1. The second-order valence-electron chi connectivity index (χ2n) is 6.93. The van der Waals surface area contributed by atoms with Crippen LogP contribution in [-0.4, -0.2) is 42.0 Å². The molecule has 1 fully saturated rings. The first-order valence-corrected chi connectivity index (χ1v) is 9.76. The maximum atomic E-state index is 12.8. The van der Waals surface area contributed by atoms with Gasteiger partial charge in [-0.05, 0) is 57.7 Å². The van der Waals surface area contributed by atoms with Crippen LogP contribution in [0.1, 0.15) is 39.5 Å². The van der Waals surface area contributed by atoms with E-state index < -0.39 is 0 Å². The van der Waals surface area contributed by atoms with E-state index in [9.17, 15) is 4.79 Å². The first kappa shape index (κ1) is 17.4. The number of likely N-dealkylation sites (N-methyl/N-ethyl adjacent to an activating group) is 2. The van der Waals surface area contributed by atoms with Crippen molar-refractivity contribution >= 4 is 32.6 Å². The van der Waals surface area contributed by atoms with Crippen LogP contribution in [0.4, 0.5) is 5.13 Å². The molecule has 0 unspecified atom stereocenters. The molecule has 4 nitrogen and oxygen atoms in total. The predicted octanol–water partition coefficient (Wildman–Crippen LogP) is 4.16. The maximum absolute atomic E-state index is 12.8. The number of nitrogens with zero attached hydrogens (tertiary/aromatic N) is 3. The summed E-state index contributed by atoms with van der Waals surface area (Å²) in [6.45, 7) is 5.48. The molecule has 5 heteroatoms. The normalized spacial score (nSPS) is 21.3. The van der Waals surface area contributed by atoms with Gasteiger partial charge in [0.25, 0.3) is 0 Å². The van der Waals surface area contributed by atoms with E-state index in [-0.39, 0.29) is 5.91 Å². The van der Waals surface area contributed by atoms with E-state index in [0.717, 1.165) is 21.3 Å². The monoisotopic (exact) mass is 345 g/mol. The Morgan fingerprint density at radius 2 is 1.96 bits per heavy atom. The Morgan fingerprint density at radius 3 is 2.62 bits per heavy atom. The molecule has 1 saturated carbocycles. The molecule has 0 saturated heterocycles. The summed E-state index contributed by atoms with van der Waals surface area (Å²) in [7, 11) is 2.09. The fourth-order valence-corrected chi connectivity index (χ4v) is 4.55. The molecule has 1 aromatic heterocycles. The summed E-state index contributed by atoms with van der Waals surface area (Å²) in [5, 5.41) is 0.814. The highest BCUT2D eigenvalue weighted by molar-refractivity contribution is 7.22. The number of fused-ring (bicyclic) bond motifs is 1. The van der Waals surface area contributed by atoms with Gasteiger partial charge in [0, 0.05) is 12.6 Å². The zero-order valence-corrected chi connectivity index (χ0v) is 15.7. The van der Waals surface area contributed by atoms with E-state index in [4.69, 9.17) is 0 Å². The standard InChI is InChI=1S/C19H27N3OS/c1-4-22(19-20-16-7-5-6-8-17(16)24-19)18(23)13-21(3)15-11-9-14(2)10-12-15/h5-8,14-15H,4,9-13H2,1-3H3. The fourth-order valence-electron chi connectivity index (χ4n) is 3.50. The first-order valence-electron chi connectivity index (χ1n) is 8.94. The summed E-state index contributed by atoms with van der Waals surface area (Å²) >= 11 is 1.60. The molecule has 0 spiro atoms. The second-order valence-corrected chi connectivity index (χ2v) is 7.94. The van der Waals surface area contributed by atoms with Gasteiger partial charge in [0.15, 0.2) is 5.13 Å². The Labute approximate surface area is 148 Å². The van der Waals surface area contributed by atoms with Gasteiger partial charge in [-0.25, -0.2) is 4.98 Å². The summed E-state index contributed by atoms with van der Waals surface area (Å²) in [4.78, 5) is 21.5. The van der Waals surface area contributed by atoms with E-state index in [1.807, 2.05) is 30.0 Å². The van der Waals surface area contributed by atoms with Crippen LogP contribution in [0.5, 0.6) is 0 Å². The topological polar surface area (TPSA) is 36.4 Å². The van der Waals surface area contributed by atoms with Gasteiger partial charge < -0.3 is 0 Å². The van der Waals surface area contributed by atoms with Gasteiger partial charge in [-0.3, -0.25) is 14.6 Å². The smallest absolute Gasteiger partial charge is 0.242 e. The number of carbonyl (C=O) groups excluding carboxylic acids is 1. The molecule has 3 rings (SSSR count). The van der Waals surface area contributed by atoms with Crippen molar-refractivity contribution in [2.75, 3.05) is 25.0 Å². The number of rotatable bonds is 5. The Hall–Kier alpha value is -1.46. The predicted molar refractivity (Wildman–Crippen MR) is 102 cm³/mol. The molecule has 130 valence electrons. The molecule has 1 aliphatic carbocycles. The fraction of sp³-hybridized carbons (Fsp3) is 0.579. The number of para-hydroxylation sites is 1. The van der Waals surface area contributed by atoms with Gasteiger partial charge in [-0.2, -0.15) is 0 Å². The summed E-state index contributed by atoms with van der Waals surface area (Å²) < 4.78 is 1.13.